The molecule has 3 heterocycles. The van der Waals surface area contributed by atoms with E-state index in [1.807, 2.05) is 0 Å². The first-order valence-corrected chi connectivity index (χ1v) is 13.9. The lowest BCUT2D eigenvalue weighted by molar-refractivity contribution is 0.0509. The van der Waals surface area contributed by atoms with Crippen LogP contribution >= 0.6 is 23.2 Å². The van der Waals surface area contributed by atoms with Crippen molar-refractivity contribution >= 4 is 58.2 Å². The molecule has 0 bridgehead atoms. The quantitative estimate of drug-likeness (QED) is 0.333. The molecule has 1 saturated heterocycles. The molecular weight excluding hydrogens is 575 g/mol. The van der Waals surface area contributed by atoms with E-state index in [2.05, 4.69) is 10.3 Å². The number of anilines is 4. The molecule has 0 radical (unpaired) electrons. The van der Waals surface area contributed by atoms with E-state index in [4.69, 9.17) is 27.9 Å². The van der Waals surface area contributed by atoms with E-state index in [9.17, 15) is 9.59 Å². The van der Waals surface area contributed by atoms with Crippen molar-refractivity contribution < 1.29 is 23.1 Å². The molecule has 8 nitrogen and oxygen atoms in total. The number of hydrogen-bond donors (Lipinski definition) is 1. The molecule has 0 aliphatic carbocycles. The summed E-state index contributed by atoms with van der Waals surface area (Å²) in [6.45, 7) is 8.03. The van der Waals surface area contributed by atoms with Gasteiger partial charge in [-0.05, 0) is 64.4 Å². The summed E-state index contributed by atoms with van der Waals surface area (Å²) in [4.78, 5) is 34.6. The molecule has 0 spiro atoms. The number of carbonyl (C=O) groups is 2. The zero-order valence-electron chi connectivity index (χ0n) is 23.0. The van der Waals surface area contributed by atoms with Crippen LogP contribution in [0.4, 0.5) is 41.2 Å². The van der Waals surface area contributed by atoms with Gasteiger partial charge in [-0.1, -0.05) is 29.3 Å². The second-order valence-electron chi connectivity index (χ2n) is 10.9. The van der Waals surface area contributed by atoms with Crippen molar-refractivity contribution in [2.75, 3.05) is 34.3 Å². The van der Waals surface area contributed by atoms with Crippen molar-refractivity contribution in [1.82, 2.24) is 10.3 Å². The van der Waals surface area contributed by atoms with E-state index in [-0.39, 0.29) is 29.0 Å². The second-order valence-corrected chi connectivity index (χ2v) is 11.8. The van der Waals surface area contributed by atoms with E-state index in [1.54, 1.807) is 50.8 Å². The second kappa shape index (κ2) is 11.0. The van der Waals surface area contributed by atoms with Gasteiger partial charge in [-0.3, -0.25) is 9.80 Å². The van der Waals surface area contributed by atoms with Gasteiger partial charge in [0.25, 0.3) is 0 Å². The lowest BCUT2D eigenvalue weighted by Gasteiger charge is -2.29. The number of aromatic nitrogens is 1. The van der Waals surface area contributed by atoms with E-state index in [1.165, 1.54) is 29.3 Å². The number of urea groups is 1. The van der Waals surface area contributed by atoms with E-state index >= 15 is 8.78 Å². The summed E-state index contributed by atoms with van der Waals surface area (Å²) in [5.74, 6) is -1.56. The average molecular weight is 604 g/mol. The number of alkyl carbamates (subject to hydrolysis) is 1. The Labute approximate surface area is 246 Å². The van der Waals surface area contributed by atoms with Gasteiger partial charge in [0.2, 0.25) is 0 Å². The van der Waals surface area contributed by atoms with Crippen molar-refractivity contribution in [2.24, 2.45) is 0 Å². The number of rotatable bonds is 4. The Balaban J connectivity index is 1.51. The predicted molar refractivity (Wildman–Crippen MR) is 157 cm³/mol. The number of hydrogen-bond acceptors (Lipinski definition) is 5. The molecule has 2 aliphatic heterocycles. The molecule has 12 heteroatoms. The maximum atomic E-state index is 15.9. The maximum Gasteiger partial charge on any atom is 0.407 e. The highest BCUT2D eigenvalue weighted by atomic mass is 35.5. The molecule has 3 amide bonds. The number of ether oxygens (including phenoxy) is 1. The number of nitrogens with one attached hydrogen (secondary N) is 1. The van der Waals surface area contributed by atoms with Crippen LogP contribution in [-0.4, -0.2) is 48.4 Å². The third-order valence-corrected chi connectivity index (χ3v) is 7.26. The van der Waals surface area contributed by atoms with Crippen LogP contribution in [-0.2, 0) is 4.74 Å². The van der Waals surface area contributed by atoms with Crippen LogP contribution < -0.4 is 20.0 Å². The molecule has 2 aromatic carbocycles. The van der Waals surface area contributed by atoms with Crippen molar-refractivity contribution in [1.29, 1.82) is 0 Å². The summed E-state index contributed by atoms with van der Waals surface area (Å²) >= 11 is 12.6. The van der Waals surface area contributed by atoms with Crippen LogP contribution in [0.15, 0.2) is 42.6 Å². The Bertz CT molecular complexity index is 1510. The molecule has 3 aromatic rings. The van der Waals surface area contributed by atoms with Gasteiger partial charge in [-0.15, -0.1) is 0 Å². The Kier molecular flexibility index (Phi) is 7.74. The number of benzene rings is 2. The van der Waals surface area contributed by atoms with Gasteiger partial charge < -0.3 is 15.0 Å². The smallest absolute Gasteiger partial charge is 0.407 e. The first-order valence-electron chi connectivity index (χ1n) is 13.2. The monoisotopic (exact) mass is 603 g/mol. The van der Waals surface area contributed by atoms with Crippen LogP contribution in [0.5, 0.6) is 0 Å². The minimum atomic E-state index is -0.934. The number of carbonyl (C=O) groups excluding carboxylic acids is 2. The highest BCUT2D eigenvalue weighted by molar-refractivity contribution is 6.32. The van der Waals surface area contributed by atoms with Gasteiger partial charge in [0.15, 0.2) is 11.6 Å². The minimum absolute atomic E-state index is 0.180. The van der Waals surface area contributed by atoms with Crippen LogP contribution in [0.1, 0.15) is 34.1 Å². The fourth-order valence-corrected chi connectivity index (χ4v) is 5.44. The summed E-state index contributed by atoms with van der Waals surface area (Å²) in [7, 11) is 0. The van der Waals surface area contributed by atoms with Gasteiger partial charge >= 0.3 is 12.1 Å². The molecule has 41 heavy (non-hydrogen) atoms. The summed E-state index contributed by atoms with van der Waals surface area (Å²) in [5, 5.41) is 3.42. The first-order chi connectivity index (χ1) is 19.4. The standard InChI is InChI=1S/C29H29Cl2F2N5O3/c1-5-37-26-21(10-17(31)14-34-26)20-7-6-16(30)11-24(20)38(28(37)40)25-22(32)12-19(13-23(25)33)36-9-8-18(15-36)35-27(39)41-29(2,3)4/h6-7,10-14,18H,5,8-9,15H2,1-4H3,(H,35,39)/t18-/m1/s1. The molecular formula is C29H29Cl2F2N5O3. The van der Waals surface area contributed by atoms with Crippen molar-refractivity contribution in [3.8, 4) is 11.1 Å². The fourth-order valence-electron chi connectivity index (χ4n) is 5.11. The zero-order valence-corrected chi connectivity index (χ0v) is 24.5. The minimum Gasteiger partial charge on any atom is -0.444 e. The SMILES string of the molecule is CCN1C(=O)N(c2c(F)cc(N3CC[C@@H](NC(=O)OC(C)(C)C)C3)cc2F)c2cc(Cl)ccc2-c2cc(Cl)cnc21. The van der Waals surface area contributed by atoms with Crippen LogP contribution in [0.2, 0.25) is 10.0 Å². The molecule has 2 aliphatic rings. The van der Waals surface area contributed by atoms with Gasteiger partial charge in [-0.25, -0.2) is 23.4 Å². The van der Waals surface area contributed by atoms with Crippen LogP contribution in [0.3, 0.4) is 0 Å². The Morgan fingerprint density at radius 3 is 2.46 bits per heavy atom. The van der Waals surface area contributed by atoms with Gasteiger partial charge in [0.1, 0.15) is 17.1 Å². The number of fused-ring (bicyclic) bond motifs is 3. The molecule has 216 valence electrons. The third kappa shape index (κ3) is 5.76. The lowest BCUT2D eigenvalue weighted by atomic mass is 10.0. The van der Waals surface area contributed by atoms with E-state index in [0.717, 1.165) is 4.90 Å². The summed E-state index contributed by atoms with van der Waals surface area (Å²) in [6, 6.07) is 7.86. The van der Waals surface area contributed by atoms with Crippen LogP contribution in [0.25, 0.3) is 11.1 Å². The largest absolute Gasteiger partial charge is 0.444 e. The van der Waals surface area contributed by atoms with Crippen molar-refractivity contribution in [3.05, 3.63) is 64.3 Å². The zero-order chi connectivity index (χ0) is 29.6. The van der Waals surface area contributed by atoms with Crippen LogP contribution in [0, 0.1) is 11.6 Å². The molecule has 1 aromatic heterocycles. The fraction of sp³-hybridized carbons (Fsp3) is 0.345. The molecule has 0 saturated carbocycles. The number of pyridine rings is 1. The topological polar surface area (TPSA) is 78.0 Å². The first kappa shape index (κ1) is 28.9. The summed E-state index contributed by atoms with van der Waals surface area (Å²) in [6.07, 6.45) is 1.43. The number of halogens is 4. The summed E-state index contributed by atoms with van der Waals surface area (Å²) < 4.78 is 37.2. The number of amides is 3. The molecule has 1 fully saturated rings. The third-order valence-electron chi connectivity index (χ3n) is 6.82. The van der Waals surface area contributed by atoms with Crippen molar-refractivity contribution in [3.63, 3.8) is 0 Å². The molecule has 5 rings (SSSR count). The lowest BCUT2D eigenvalue weighted by Crippen LogP contribution is -2.41. The molecule has 0 unspecified atom stereocenters. The van der Waals surface area contributed by atoms with E-state index in [0.29, 0.717) is 41.5 Å². The van der Waals surface area contributed by atoms with Gasteiger partial charge in [0.05, 0.1) is 16.8 Å². The Morgan fingerprint density at radius 1 is 1.10 bits per heavy atom. The molecule has 1 atom stereocenters. The predicted octanol–water partition coefficient (Wildman–Crippen LogP) is 7.54. The van der Waals surface area contributed by atoms with Gasteiger partial charge in [-0.2, -0.15) is 0 Å². The van der Waals surface area contributed by atoms with Crippen molar-refractivity contribution in [2.45, 2.75) is 45.8 Å². The highest BCUT2D eigenvalue weighted by Crippen LogP contribution is 2.46. The maximum absolute atomic E-state index is 15.9. The number of nitrogens with zero attached hydrogens (tertiary/aromatic N) is 4. The van der Waals surface area contributed by atoms with Gasteiger partial charge in [0, 0.05) is 47.7 Å². The average Bonchev–Trinajstić information content (AvgIpc) is 3.31. The normalized spacial score (nSPS) is 16.8. The molecule has 1 N–H and O–H groups in total. The highest BCUT2D eigenvalue weighted by Gasteiger charge is 2.37. The van der Waals surface area contributed by atoms with E-state index < -0.39 is 35.0 Å². The Hall–Kier alpha value is -3.63. The Morgan fingerprint density at radius 2 is 1.80 bits per heavy atom. The summed E-state index contributed by atoms with van der Waals surface area (Å²) in [5.41, 5.74) is 0.311.